The Balaban J connectivity index is 1.77. The Kier molecular flexibility index (Phi) is 4.22. The molecular weight excluding hydrogens is 370 g/mol. The number of carbonyl (C=O) groups excluding carboxylic acids is 1. The quantitative estimate of drug-likeness (QED) is 0.425. The van der Waals surface area contributed by atoms with Gasteiger partial charge in [-0.15, -0.1) is 0 Å². The van der Waals surface area contributed by atoms with E-state index in [2.05, 4.69) is 31.4 Å². The van der Waals surface area contributed by atoms with E-state index in [9.17, 15) is 4.79 Å². The molecule has 1 amide bonds. The van der Waals surface area contributed by atoms with Crippen LogP contribution in [-0.2, 0) is 0 Å². The van der Waals surface area contributed by atoms with Gasteiger partial charge in [-0.2, -0.15) is 5.10 Å². The van der Waals surface area contributed by atoms with E-state index in [4.69, 9.17) is 16.0 Å². The normalized spacial score (nSPS) is 11.2. The maximum Gasteiger partial charge on any atom is 0.307 e. The van der Waals surface area contributed by atoms with Crippen molar-refractivity contribution in [2.45, 2.75) is 0 Å². The molecule has 7 heteroatoms. The van der Waals surface area contributed by atoms with Gasteiger partial charge >= 0.3 is 5.91 Å². The largest absolute Gasteiger partial charge is 0.444 e. The third-order valence-corrected chi connectivity index (χ3v) is 3.60. The van der Waals surface area contributed by atoms with Crippen molar-refractivity contribution in [3.05, 3.63) is 63.6 Å². The van der Waals surface area contributed by atoms with Crippen LogP contribution >= 0.6 is 27.5 Å². The summed E-state index contributed by atoms with van der Waals surface area (Å²) >= 11 is 9.23. The maximum absolute atomic E-state index is 11.8. The van der Waals surface area contributed by atoms with Gasteiger partial charge in [0.05, 0.1) is 11.7 Å². The Labute approximate surface area is 139 Å². The number of hydrogen-bond acceptors (Lipinski definition) is 4. The zero-order valence-corrected chi connectivity index (χ0v) is 13.4. The molecule has 0 spiro atoms. The SMILES string of the molecule is O=C(NN=Cc1cc2ccccc2nc1Cl)c1ccc(Br)o1. The predicted octanol–water partition coefficient (Wildman–Crippen LogP) is 4.01. The average molecular weight is 379 g/mol. The molecule has 0 saturated carbocycles. The number of para-hydroxylation sites is 1. The van der Waals surface area contributed by atoms with Crippen LogP contribution in [0.1, 0.15) is 16.1 Å². The van der Waals surface area contributed by atoms with Crippen LogP contribution < -0.4 is 5.43 Å². The van der Waals surface area contributed by atoms with E-state index < -0.39 is 5.91 Å². The fourth-order valence-corrected chi connectivity index (χ4v) is 2.35. The van der Waals surface area contributed by atoms with Gasteiger partial charge in [0.1, 0.15) is 5.15 Å². The summed E-state index contributed by atoms with van der Waals surface area (Å²) in [6.07, 6.45) is 1.44. The van der Waals surface area contributed by atoms with Gasteiger partial charge in [-0.1, -0.05) is 29.8 Å². The van der Waals surface area contributed by atoms with E-state index in [1.165, 1.54) is 6.21 Å². The van der Waals surface area contributed by atoms with E-state index in [-0.39, 0.29) is 5.76 Å². The Morgan fingerprint density at radius 3 is 2.91 bits per heavy atom. The number of benzene rings is 1. The molecule has 0 unspecified atom stereocenters. The number of pyridine rings is 1. The smallest absolute Gasteiger partial charge is 0.307 e. The minimum atomic E-state index is -0.452. The molecule has 2 aromatic heterocycles. The zero-order chi connectivity index (χ0) is 15.5. The van der Waals surface area contributed by atoms with Crippen LogP contribution in [0.15, 0.2) is 56.7 Å². The molecule has 3 aromatic rings. The minimum absolute atomic E-state index is 0.159. The highest BCUT2D eigenvalue weighted by atomic mass is 79.9. The average Bonchev–Trinajstić information content (AvgIpc) is 2.94. The summed E-state index contributed by atoms with van der Waals surface area (Å²) in [5.41, 5.74) is 3.78. The number of carbonyl (C=O) groups is 1. The third-order valence-electron chi connectivity index (χ3n) is 2.87. The first-order chi connectivity index (χ1) is 10.6. The van der Waals surface area contributed by atoms with Crippen molar-refractivity contribution >= 4 is 50.6 Å². The second kappa shape index (κ2) is 6.29. The van der Waals surface area contributed by atoms with Crippen molar-refractivity contribution in [1.82, 2.24) is 10.4 Å². The Bertz CT molecular complexity index is 876. The first kappa shape index (κ1) is 14.7. The highest BCUT2D eigenvalue weighted by molar-refractivity contribution is 9.10. The van der Waals surface area contributed by atoms with Crippen molar-refractivity contribution in [3.8, 4) is 0 Å². The molecule has 0 aliphatic rings. The second-order valence-electron chi connectivity index (χ2n) is 4.36. The lowest BCUT2D eigenvalue weighted by molar-refractivity contribution is 0.0926. The summed E-state index contributed by atoms with van der Waals surface area (Å²) in [5, 5.41) is 5.13. The van der Waals surface area contributed by atoms with Gasteiger partial charge in [0.2, 0.25) is 0 Å². The Morgan fingerprint density at radius 1 is 1.32 bits per heavy atom. The lowest BCUT2D eigenvalue weighted by atomic mass is 10.2. The fraction of sp³-hybridized carbons (Fsp3) is 0. The molecule has 0 atom stereocenters. The third kappa shape index (κ3) is 3.18. The standard InChI is InChI=1S/C15H9BrClN3O2/c16-13-6-5-12(22-13)15(21)20-18-8-10-7-9-3-1-2-4-11(9)19-14(10)17/h1-8H,(H,20,21). The van der Waals surface area contributed by atoms with E-state index in [1.54, 1.807) is 12.1 Å². The molecule has 0 saturated heterocycles. The number of nitrogens with one attached hydrogen (secondary N) is 1. The van der Waals surface area contributed by atoms with Gasteiger partial charge in [0, 0.05) is 10.9 Å². The fourth-order valence-electron chi connectivity index (χ4n) is 1.85. The van der Waals surface area contributed by atoms with E-state index in [0.717, 1.165) is 10.9 Å². The van der Waals surface area contributed by atoms with Gasteiger partial charge in [0.25, 0.3) is 0 Å². The van der Waals surface area contributed by atoms with Gasteiger partial charge in [-0.3, -0.25) is 4.79 Å². The lowest BCUT2D eigenvalue weighted by Gasteiger charge is -2.01. The van der Waals surface area contributed by atoms with Gasteiger partial charge in [0.15, 0.2) is 10.4 Å². The van der Waals surface area contributed by atoms with Gasteiger partial charge < -0.3 is 4.42 Å². The first-order valence-electron chi connectivity index (χ1n) is 6.27. The second-order valence-corrected chi connectivity index (χ2v) is 5.50. The molecule has 110 valence electrons. The Hall–Kier alpha value is -2.18. The molecule has 0 bridgehead atoms. The van der Waals surface area contributed by atoms with Gasteiger partial charge in [-0.05, 0) is 40.2 Å². The number of hydrazone groups is 1. The highest BCUT2D eigenvalue weighted by Gasteiger charge is 2.09. The Morgan fingerprint density at radius 2 is 2.14 bits per heavy atom. The van der Waals surface area contributed by atoms with Crippen molar-refractivity contribution in [3.63, 3.8) is 0 Å². The summed E-state index contributed by atoms with van der Waals surface area (Å²) in [5.74, 6) is -0.293. The number of fused-ring (bicyclic) bond motifs is 1. The number of halogens is 2. The summed E-state index contributed by atoms with van der Waals surface area (Å²) in [6.45, 7) is 0. The predicted molar refractivity (Wildman–Crippen MR) is 88.2 cm³/mol. The van der Waals surface area contributed by atoms with Crippen LogP contribution in [0.3, 0.4) is 0 Å². The van der Waals surface area contributed by atoms with Crippen LogP contribution in [-0.4, -0.2) is 17.1 Å². The monoisotopic (exact) mass is 377 g/mol. The molecule has 0 aliphatic carbocycles. The number of furan rings is 1. The molecule has 0 fully saturated rings. The number of hydrogen-bond donors (Lipinski definition) is 1. The van der Waals surface area contributed by atoms with Crippen LogP contribution in [0, 0.1) is 0 Å². The summed E-state index contributed by atoms with van der Waals surface area (Å²) in [4.78, 5) is 16.0. The number of aromatic nitrogens is 1. The molecule has 5 nitrogen and oxygen atoms in total. The minimum Gasteiger partial charge on any atom is -0.444 e. The molecule has 0 radical (unpaired) electrons. The topological polar surface area (TPSA) is 67.5 Å². The van der Waals surface area contributed by atoms with Crippen molar-refractivity contribution in [2.75, 3.05) is 0 Å². The molecule has 2 heterocycles. The van der Waals surface area contributed by atoms with Crippen molar-refractivity contribution in [1.29, 1.82) is 0 Å². The molecule has 1 N–H and O–H groups in total. The number of rotatable bonds is 3. The molecule has 22 heavy (non-hydrogen) atoms. The van der Waals surface area contributed by atoms with E-state index in [1.807, 2.05) is 30.3 Å². The first-order valence-corrected chi connectivity index (χ1v) is 7.44. The number of amides is 1. The van der Waals surface area contributed by atoms with Gasteiger partial charge in [-0.25, -0.2) is 10.4 Å². The molecular formula is C15H9BrClN3O2. The summed E-state index contributed by atoms with van der Waals surface area (Å²) < 4.78 is 5.60. The van der Waals surface area contributed by atoms with E-state index >= 15 is 0 Å². The summed E-state index contributed by atoms with van der Waals surface area (Å²) in [7, 11) is 0. The molecule has 0 aliphatic heterocycles. The molecule has 1 aromatic carbocycles. The van der Waals surface area contributed by atoms with Crippen LogP contribution in [0.4, 0.5) is 0 Å². The maximum atomic E-state index is 11.8. The van der Waals surface area contributed by atoms with Crippen LogP contribution in [0.25, 0.3) is 10.9 Å². The molecule has 3 rings (SSSR count). The van der Waals surface area contributed by atoms with E-state index in [0.29, 0.717) is 15.4 Å². The summed E-state index contributed by atoms with van der Waals surface area (Å²) in [6, 6.07) is 12.6. The van der Waals surface area contributed by atoms with Crippen molar-refractivity contribution in [2.24, 2.45) is 5.10 Å². The number of nitrogens with zero attached hydrogens (tertiary/aromatic N) is 2. The van der Waals surface area contributed by atoms with Crippen molar-refractivity contribution < 1.29 is 9.21 Å². The zero-order valence-electron chi connectivity index (χ0n) is 11.1. The van der Waals surface area contributed by atoms with Crippen LogP contribution in [0.5, 0.6) is 0 Å². The highest BCUT2D eigenvalue weighted by Crippen LogP contribution is 2.19. The lowest BCUT2D eigenvalue weighted by Crippen LogP contribution is -2.16. The van der Waals surface area contributed by atoms with Crippen LogP contribution in [0.2, 0.25) is 5.15 Å².